The van der Waals surface area contributed by atoms with E-state index in [9.17, 15) is 4.79 Å². The first-order valence-corrected chi connectivity index (χ1v) is 10.6. The van der Waals surface area contributed by atoms with Gasteiger partial charge in [-0.05, 0) is 31.0 Å². The van der Waals surface area contributed by atoms with Crippen LogP contribution in [-0.2, 0) is 9.22 Å². The van der Waals surface area contributed by atoms with Crippen molar-refractivity contribution in [3.63, 3.8) is 0 Å². The van der Waals surface area contributed by atoms with Crippen LogP contribution in [0.3, 0.4) is 0 Å². The molecule has 0 rings (SSSR count). The summed E-state index contributed by atoms with van der Waals surface area (Å²) in [6.07, 6.45) is 5.32. The Balaban J connectivity index is 5.13. The fourth-order valence-electron chi connectivity index (χ4n) is 2.92. The lowest BCUT2D eigenvalue weighted by atomic mass is 9.80. The van der Waals surface area contributed by atoms with Crippen LogP contribution in [0.25, 0.3) is 0 Å². The van der Waals surface area contributed by atoms with Gasteiger partial charge in [0.25, 0.3) is 0 Å². The van der Waals surface area contributed by atoms with Gasteiger partial charge in [0.2, 0.25) is 0 Å². The average molecular weight is 287 g/mol. The molecule has 0 heterocycles. The summed E-state index contributed by atoms with van der Waals surface area (Å²) in [5.74, 6) is 0. The molecule has 0 aromatic heterocycles. The zero-order valence-electron chi connectivity index (χ0n) is 13.9. The third-order valence-corrected chi connectivity index (χ3v) is 9.32. The van der Waals surface area contributed by atoms with Crippen LogP contribution in [0.1, 0.15) is 67.2 Å². The number of carbonyl (C=O) groups is 1. The van der Waals surface area contributed by atoms with Crippen LogP contribution >= 0.6 is 0 Å². The van der Waals surface area contributed by atoms with Crippen molar-refractivity contribution >= 4 is 14.6 Å². The molecule has 0 aliphatic rings. The second-order valence-electron chi connectivity index (χ2n) is 6.01. The molecule has 2 nitrogen and oxygen atoms in total. The Kier molecular flexibility index (Phi) is 8.84. The highest BCUT2D eigenvalue weighted by atomic mass is 28.4. The van der Waals surface area contributed by atoms with Gasteiger partial charge in [-0.1, -0.05) is 54.4 Å². The summed E-state index contributed by atoms with van der Waals surface area (Å²) in [7, 11) is -1.63. The van der Waals surface area contributed by atoms with Crippen molar-refractivity contribution in [2.24, 2.45) is 5.41 Å². The number of hydrogen-bond acceptors (Lipinski definition) is 2. The lowest BCUT2D eigenvalue weighted by molar-refractivity contribution is -0.121. The molecule has 0 unspecified atom stereocenters. The van der Waals surface area contributed by atoms with Gasteiger partial charge in [0.15, 0.2) is 8.32 Å². The second-order valence-corrected chi connectivity index (χ2v) is 10.7. The Labute approximate surface area is 121 Å². The van der Waals surface area contributed by atoms with Gasteiger partial charge in [-0.2, -0.15) is 0 Å². The smallest absolute Gasteiger partial charge is 0.192 e. The lowest BCUT2D eigenvalue weighted by Crippen LogP contribution is -2.46. The first-order chi connectivity index (χ1) is 8.97. The summed E-state index contributed by atoms with van der Waals surface area (Å²) in [5.41, 5.74) is -0.303. The van der Waals surface area contributed by atoms with E-state index in [0.717, 1.165) is 50.1 Å². The van der Waals surface area contributed by atoms with E-state index in [0.29, 0.717) is 0 Å². The molecule has 0 aromatic rings. The topological polar surface area (TPSA) is 26.3 Å². The number of aldehydes is 1. The zero-order valence-corrected chi connectivity index (χ0v) is 14.9. The molecule has 0 N–H and O–H groups in total. The molecule has 19 heavy (non-hydrogen) atoms. The summed E-state index contributed by atoms with van der Waals surface area (Å²) in [5, 5.41) is 0. The molecule has 2 atom stereocenters. The summed E-state index contributed by atoms with van der Waals surface area (Å²) in [6, 6.07) is 3.46. The predicted octanol–water partition coefficient (Wildman–Crippen LogP) is 5.18. The first kappa shape index (κ1) is 18.8. The van der Waals surface area contributed by atoms with E-state index in [1.54, 1.807) is 0 Å². The molecular weight excluding hydrogens is 252 g/mol. The van der Waals surface area contributed by atoms with Crippen LogP contribution in [0.2, 0.25) is 18.1 Å². The molecule has 0 radical (unpaired) electrons. The van der Waals surface area contributed by atoms with Gasteiger partial charge in [0.1, 0.15) is 6.29 Å². The summed E-state index contributed by atoms with van der Waals surface area (Å²) >= 11 is 0. The van der Waals surface area contributed by atoms with Crippen molar-refractivity contribution in [3.05, 3.63) is 0 Å². The maximum absolute atomic E-state index is 11.6. The average Bonchev–Trinajstić information content (AvgIpc) is 2.44. The van der Waals surface area contributed by atoms with E-state index in [2.05, 4.69) is 41.5 Å². The van der Waals surface area contributed by atoms with Crippen LogP contribution in [0.5, 0.6) is 0 Å². The molecule has 0 aliphatic carbocycles. The van der Waals surface area contributed by atoms with E-state index >= 15 is 0 Å². The number of carbonyl (C=O) groups excluding carboxylic acids is 1. The Morgan fingerprint density at radius 1 is 1.05 bits per heavy atom. The van der Waals surface area contributed by atoms with Crippen LogP contribution in [0.4, 0.5) is 0 Å². The van der Waals surface area contributed by atoms with Gasteiger partial charge in [-0.15, -0.1) is 0 Å². The van der Waals surface area contributed by atoms with Crippen molar-refractivity contribution in [1.29, 1.82) is 0 Å². The van der Waals surface area contributed by atoms with E-state index in [-0.39, 0.29) is 11.5 Å². The van der Waals surface area contributed by atoms with Crippen molar-refractivity contribution < 1.29 is 9.22 Å². The molecule has 0 saturated heterocycles. The highest BCUT2D eigenvalue weighted by molar-refractivity contribution is 6.73. The largest absolute Gasteiger partial charge is 0.413 e. The molecule has 0 aliphatic heterocycles. The van der Waals surface area contributed by atoms with Crippen molar-refractivity contribution in [3.8, 4) is 0 Å². The molecule has 0 aromatic carbocycles. The Morgan fingerprint density at radius 2 is 1.58 bits per heavy atom. The standard InChI is InChI=1S/C16H34O2Si/c1-7-12-15(16(6,14-17)13-8-2)18-19(9-3,10-4)11-5/h14-15H,7-13H2,1-6H3/t15-,16+/m0/s1. The van der Waals surface area contributed by atoms with Gasteiger partial charge in [0, 0.05) is 5.41 Å². The number of hydrogen-bond donors (Lipinski definition) is 0. The molecule has 0 saturated carbocycles. The highest BCUT2D eigenvalue weighted by Crippen LogP contribution is 2.35. The van der Waals surface area contributed by atoms with Gasteiger partial charge in [-0.3, -0.25) is 0 Å². The summed E-state index contributed by atoms with van der Waals surface area (Å²) < 4.78 is 6.64. The van der Waals surface area contributed by atoms with Crippen LogP contribution < -0.4 is 0 Å². The minimum atomic E-state index is -1.63. The summed E-state index contributed by atoms with van der Waals surface area (Å²) in [6.45, 7) is 13.2. The fourth-order valence-corrected chi connectivity index (χ4v) is 5.91. The van der Waals surface area contributed by atoms with Crippen molar-refractivity contribution in [2.75, 3.05) is 0 Å². The second kappa shape index (κ2) is 8.91. The maximum Gasteiger partial charge on any atom is 0.192 e. The highest BCUT2D eigenvalue weighted by Gasteiger charge is 2.40. The van der Waals surface area contributed by atoms with Crippen LogP contribution in [0, 0.1) is 5.41 Å². The molecule has 114 valence electrons. The third kappa shape index (κ3) is 5.03. The van der Waals surface area contributed by atoms with E-state index in [4.69, 9.17) is 4.43 Å². The predicted molar refractivity (Wildman–Crippen MR) is 86.1 cm³/mol. The molecule has 0 spiro atoms. The molecule has 0 bridgehead atoms. The minimum Gasteiger partial charge on any atom is -0.413 e. The van der Waals surface area contributed by atoms with Gasteiger partial charge in [-0.25, -0.2) is 0 Å². The molecule has 0 amide bonds. The zero-order chi connectivity index (χ0) is 14.9. The SMILES string of the molecule is CCC[C@H](O[Si](CC)(CC)CC)[C@@](C)(C=O)CCC. The van der Waals surface area contributed by atoms with Gasteiger partial charge < -0.3 is 9.22 Å². The monoisotopic (exact) mass is 286 g/mol. The van der Waals surface area contributed by atoms with Crippen molar-refractivity contribution in [1.82, 2.24) is 0 Å². The Bertz CT molecular complexity index is 243. The lowest BCUT2D eigenvalue weighted by Gasteiger charge is -2.40. The Hall–Kier alpha value is -0.153. The quantitative estimate of drug-likeness (QED) is 0.386. The minimum absolute atomic E-state index is 0.112. The van der Waals surface area contributed by atoms with Crippen LogP contribution in [0.15, 0.2) is 0 Å². The molecular formula is C16H34O2Si. The van der Waals surface area contributed by atoms with Gasteiger partial charge in [0.05, 0.1) is 6.10 Å². The first-order valence-electron chi connectivity index (χ1n) is 8.11. The van der Waals surface area contributed by atoms with Crippen molar-refractivity contribution in [2.45, 2.75) is 91.5 Å². The normalized spacial score (nSPS) is 16.9. The van der Waals surface area contributed by atoms with E-state index < -0.39 is 8.32 Å². The van der Waals surface area contributed by atoms with Gasteiger partial charge >= 0.3 is 0 Å². The third-order valence-electron chi connectivity index (χ3n) is 4.67. The molecule has 3 heteroatoms. The number of rotatable bonds is 11. The van der Waals surface area contributed by atoms with E-state index in [1.807, 2.05) is 0 Å². The van der Waals surface area contributed by atoms with E-state index in [1.165, 1.54) is 0 Å². The fraction of sp³-hybridized carbons (Fsp3) is 0.938. The molecule has 0 fully saturated rings. The Morgan fingerprint density at radius 3 is 1.89 bits per heavy atom. The summed E-state index contributed by atoms with van der Waals surface area (Å²) in [4.78, 5) is 11.6. The van der Waals surface area contributed by atoms with Crippen LogP contribution in [-0.4, -0.2) is 20.7 Å². The maximum atomic E-state index is 11.6.